The minimum absolute atomic E-state index is 0.273. The molecule has 0 radical (unpaired) electrons. The fraction of sp³-hybridized carbons (Fsp3) is 0.905. The zero-order chi connectivity index (χ0) is 18.2. The lowest BCUT2D eigenvalue weighted by molar-refractivity contribution is -0.131. The standard InChI is InChI=1S/C21H37N3O2/c25-20(11-6-10-19-8-2-1-3-9-19)24-15-7-12-22(16-17-24)18-21(26)23-13-4-5-14-23/h19H,1-18H2. The predicted octanol–water partition coefficient (Wildman–Crippen LogP) is 2.89. The summed E-state index contributed by atoms with van der Waals surface area (Å²) in [4.78, 5) is 31.2. The molecular weight excluding hydrogens is 326 g/mol. The largest absolute Gasteiger partial charge is 0.342 e. The Kier molecular flexibility index (Phi) is 7.78. The van der Waals surface area contributed by atoms with Gasteiger partial charge in [-0.15, -0.1) is 0 Å². The predicted molar refractivity (Wildman–Crippen MR) is 104 cm³/mol. The number of amides is 2. The fourth-order valence-electron chi connectivity index (χ4n) is 4.81. The number of rotatable bonds is 6. The van der Waals surface area contributed by atoms with Crippen LogP contribution < -0.4 is 0 Å². The van der Waals surface area contributed by atoms with Gasteiger partial charge in [-0.3, -0.25) is 14.5 Å². The van der Waals surface area contributed by atoms with Gasteiger partial charge in [0.15, 0.2) is 0 Å². The molecule has 1 aliphatic carbocycles. The van der Waals surface area contributed by atoms with Crippen LogP contribution in [0.15, 0.2) is 0 Å². The molecule has 2 aliphatic heterocycles. The first-order chi connectivity index (χ1) is 12.7. The van der Waals surface area contributed by atoms with Gasteiger partial charge in [0.1, 0.15) is 0 Å². The van der Waals surface area contributed by atoms with Crippen molar-refractivity contribution in [2.75, 3.05) is 45.8 Å². The van der Waals surface area contributed by atoms with Crippen LogP contribution in [-0.4, -0.2) is 72.3 Å². The van der Waals surface area contributed by atoms with Crippen LogP contribution in [0.3, 0.4) is 0 Å². The average molecular weight is 364 g/mol. The zero-order valence-electron chi connectivity index (χ0n) is 16.5. The van der Waals surface area contributed by atoms with Gasteiger partial charge in [-0.05, 0) is 38.0 Å². The van der Waals surface area contributed by atoms with Gasteiger partial charge in [0.25, 0.3) is 0 Å². The Morgan fingerprint density at radius 1 is 0.692 bits per heavy atom. The van der Waals surface area contributed by atoms with E-state index in [2.05, 4.69) is 4.90 Å². The maximum atomic E-state index is 12.6. The number of hydrogen-bond acceptors (Lipinski definition) is 3. The summed E-state index contributed by atoms with van der Waals surface area (Å²) in [5.41, 5.74) is 0. The summed E-state index contributed by atoms with van der Waals surface area (Å²) in [6, 6.07) is 0. The van der Waals surface area contributed by atoms with Crippen molar-refractivity contribution < 1.29 is 9.59 Å². The Hall–Kier alpha value is -1.10. The van der Waals surface area contributed by atoms with E-state index >= 15 is 0 Å². The lowest BCUT2D eigenvalue weighted by Gasteiger charge is -2.24. The van der Waals surface area contributed by atoms with Gasteiger partial charge < -0.3 is 9.80 Å². The molecule has 0 atom stereocenters. The molecule has 2 amide bonds. The second-order valence-electron chi connectivity index (χ2n) is 8.49. The lowest BCUT2D eigenvalue weighted by Crippen LogP contribution is -2.41. The first kappa shape index (κ1) is 19.7. The van der Waals surface area contributed by atoms with Crippen LogP contribution in [0, 0.1) is 5.92 Å². The molecule has 3 fully saturated rings. The van der Waals surface area contributed by atoms with Crippen LogP contribution >= 0.6 is 0 Å². The van der Waals surface area contributed by atoms with E-state index in [1.54, 1.807) is 0 Å². The van der Waals surface area contributed by atoms with E-state index in [1.165, 1.54) is 38.5 Å². The van der Waals surface area contributed by atoms with Crippen LogP contribution in [0.4, 0.5) is 0 Å². The molecule has 5 heteroatoms. The van der Waals surface area contributed by atoms with Gasteiger partial charge in [0.05, 0.1) is 6.54 Å². The third-order valence-electron chi connectivity index (χ3n) is 6.49. The van der Waals surface area contributed by atoms with Crippen molar-refractivity contribution in [2.24, 2.45) is 5.92 Å². The van der Waals surface area contributed by atoms with E-state index in [4.69, 9.17) is 0 Å². The number of hydrogen-bond donors (Lipinski definition) is 0. The van der Waals surface area contributed by atoms with Gasteiger partial charge in [0.2, 0.25) is 11.8 Å². The summed E-state index contributed by atoms with van der Waals surface area (Å²) in [5.74, 6) is 1.47. The Bertz CT molecular complexity index is 456. The van der Waals surface area contributed by atoms with E-state index in [0.29, 0.717) is 18.9 Å². The molecule has 148 valence electrons. The molecule has 3 aliphatic rings. The van der Waals surface area contributed by atoms with Crippen molar-refractivity contribution >= 4 is 11.8 Å². The maximum absolute atomic E-state index is 12.6. The molecule has 0 aromatic carbocycles. The van der Waals surface area contributed by atoms with Crippen LogP contribution in [0.25, 0.3) is 0 Å². The number of carbonyl (C=O) groups excluding carboxylic acids is 2. The molecule has 0 N–H and O–H groups in total. The number of nitrogens with zero attached hydrogens (tertiary/aromatic N) is 3. The highest BCUT2D eigenvalue weighted by atomic mass is 16.2. The number of carbonyl (C=O) groups is 2. The number of likely N-dealkylation sites (tertiary alicyclic amines) is 1. The highest BCUT2D eigenvalue weighted by Gasteiger charge is 2.24. The van der Waals surface area contributed by atoms with Crippen molar-refractivity contribution in [3.8, 4) is 0 Å². The minimum atomic E-state index is 0.273. The van der Waals surface area contributed by atoms with Crippen LogP contribution in [0.5, 0.6) is 0 Å². The van der Waals surface area contributed by atoms with Crippen molar-refractivity contribution in [3.05, 3.63) is 0 Å². The van der Waals surface area contributed by atoms with Crippen LogP contribution in [-0.2, 0) is 9.59 Å². The highest BCUT2D eigenvalue weighted by Crippen LogP contribution is 2.27. The van der Waals surface area contributed by atoms with Crippen molar-refractivity contribution in [3.63, 3.8) is 0 Å². The zero-order valence-corrected chi connectivity index (χ0v) is 16.5. The topological polar surface area (TPSA) is 43.9 Å². The van der Waals surface area contributed by atoms with E-state index < -0.39 is 0 Å². The molecule has 0 aromatic rings. The van der Waals surface area contributed by atoms with Crippen molar-refractivity contribution in [1.82, 2.24) is 14.7 Å². The van der Waals surface area contributed by atoms with E-state index in [0.717, 1.165) is 70.9 Å². The monoisotopic (exact) mass is 363 g/mol. The summed E-state index contributed by atoms with van der Waals surface area (Å²) in [6.07, 6.45) is 13.2. The summed E-state index contributed by atoms with van der Waals surface area (Å²) < 4.78 is 0. The van der Waals surface area contributed by atoms with Crippen LogP contribution in [0.2, 0.25) is 0 Å². The maximum Gasteiger partial charge on any atom is 0.236 e. The average Bonchev–Trinajstić information content (AvgIpc) is 3.10. The minimum Gasteiger partial charge on any atom is -0.342 e. The van der Waals surface area contributed by atoms with Gasteiger partial charge in [0, 0.05) is 45.7 Å². The molecule has 0 spiro atoms. The Morgan fingerprint density at radius 3 is 2.15 bits per heavy atom. The molecule has 5 nitrogen and oxygen atoms in total. The van der Waals surface area contributed by atoms with E-state index in [-0.39, 0.29) is 5.91 Å². The van der Waals surface area contributed by atoms with Gasteiger partial charge in [-0.1, -0.05) is 32.1 Å². The van der Waals surface area contributed by atoms with E-state index in [9.17, 15) is 9.59 Å². The third kappa shape index (κ3) is 5.97. The molecule has 2 heterocycles. The first-order valence-electron chi connectivity index (χ1n) is 11.0. The molecular formula is C21H37N3O2. The molecule has 0 aromatic heterocycles. The smallest absolute Gasteiger partial charge is 0.236 e. The molecule has 3 rings (SSSR count). The summed E-state index contributed by atoms with van der Waals surface area (Å²) in [7, 11) is 0. The Balaban J connectivity index is 1.34. The quantitative estimate of drug-likeness (QED) is 0.729. The summed E-state index contributed by atoms with van der Waals surface area (Å²) >= 11 is 0. The molecule has 2 saturated heterocycles. The molecule has 0 unspecified atom stereocenters. The molecule has 0 bridgehead atoms. The summed E-state index contributed by atoms with van der Waals surface area (Å²) in [5, 5.41) is 0. The normalized spacial score (nSPS) is 23.2. The van der Waals surface area contributed by atoms with Crippen molar-refractivity contribution in [1.29, 1.82) is 0 Å². The van der Waals surface area contributed by atoms with Gasteiger partial charge in [-0.2, -0.15) is 0 Å². The Morgan fingerprint density at radius 2 is 1.38 bits per heavy atom. The van der Waals surface area contributed by atoms with Gasteiger partial charge in [-0.25, -0.2) is 0 Å². The fourth-order valence-corrected chi connectivity index (χ4v) is 4.81. The Labute approximate surface area is 159 Å². The molecule has 1 saturated carbocycles. The van der Waals surface area contributed by atoms with Crippen LogP contribution in [0.1, 0.15) is 70.6 Å². The third-order valence-corrected chi connectivity index (χ3v) is 6.49. The highest BCUT2D eigenvalue weighted by molar-refractivity contribution is 5.78. The summed E-state index contributed by atoms with van der Waals surface area (Å²) in [6.45, 7) is 5.81. The van der Waals surface area contributed by atoms with E-state index in [1.807, 2.05) is 9.80 Å². The lowest BCUT2D eigenvalue weighted by atomic mass is 9.86. The second-order valence-corrected chi connectivity index (χ2v) is 8.49. The first-order valence-corrected chi connectivity index (χ1v) is 11.0. The van der Waals surface area contributed by atoms with Crippen molar-refractivity contribution in [2.45, 2.75) is 70.6 Å². The molecule has 26 heavy (non-hydrogen) atoms. The van der Waals surface area contributed by atoms with Gasteiger partial charge >= 0.3 is 0 Å². The SMILES string of the molecule is O=C(CCCC1CCCCC1)N1CCCN(CC(=O)N2CCCC2)CC1. The second kappa shape index (κ2) is 10.3.